The van der Waals surface area contributed by atoms with Gasteiger partial charge in [-0.2, -0.15) is 5.26 Å². The molecule has 1 amide bonds. The molecule has 0 saturated carbocycles. The Morgan fingerprint density at radius 3 is 2.44 bits per heavy atom. The van der Waals surface area contributed by atoms with Gasteiger partial charge in [0.1, 0.15) is 6.04 Å². The number of rotatable bonds is 5. The van der Waals surface area contributed by atoms with Crippen molar-refractivity contribution < 1.29 is 4.79 Å². The summed E-state index contributed by atoms with van der Waals surface area (Å²) in [6.45, 7) is 7.44. The third-order valence-electron chi connectivity index (χ3n) is 5.91. The summed E-state index contributed by atoms with van der Waals surface area (Å²) in [6, 6.07) is 22.1. The van der Waals surface area contributed by atoms with Gasteiger partial charge < -0.3 is 5.32 Å². The topological polar surface area (TPSA) is 56.1 Å². The maximum atomic E-state index is 13.4. The van der Waals surface area contributed by atoms with Crippen molar-refractivity contribution in [2.45, 2.75) is 51.2 Å². The molecule has 3 aromatic carbocycles. The molecule has 4 rings (SSSR count). The zero-order valence-corrected chi connectivity index (χ0v) is 19.5. The second-order valence-electron chi connectivity index (χ2n) is 8.37. The van der Waals surface area contributed by atoms with Crippen molar-refractivity contribution in [2.75, 3.05) is 0 Å². The molecule has 162 valence electrons. The lowest BCUT2D eigenvalue weighted by molar-refractivity contribution is -0.125. The summed E-state index contributed by atoms with van der Waals surface area (Å²) in [5.74, 6) is -0.0119. The summed E-state index contributed by atoms with van der Waals surface area (Å²) in [5, 5.41) is 12.4. The molecule has 3 aromatic rings. The molecular formula is C27H27N3OS. The van der Waals surface area contributed by atoms with Crippen LogP contribution >= 0.6 is 11.9 Å². The number of carbonyl (C=O) groups is 1. The van der Waals surface area contributed by atoms with Gasteiger partial charge in [-0.15, -0.1) is 0 Å². The number of nitrogens with zero attached hydrogens (tertiary/aromatic N) is 2. The lowest BCUT2D eigenvalue weighted by atomic mass is 9.95. The number of hydrogen-bond acceptors (Lipinski definition) is 4. The van der Waals surface area contributed by atoms with Crippen molar-refractivity contribution in [1.29, 1.82) is 5.26 Å². The Kier molecular flexibility index (Phi) is 6.64. The predicted octanol–water partition coefficient (Wildman–Crippen LogP) is 5.23. The van der Waals surface area contributed by atoms with Crippen molar-refractivity contribution >= 4 is 17.9 Å². The van der Waals surface area contributed by atoms with Gasteiger partial charge in [0.15, 0.2) is 0 Å². The van der Waals surface area contributed by atoms with Crippen LogP contribution in [0.1, 0.15) is 38.9 Å². The number of nitriles is 1. The number of benzene rings is 3. The van der Waals surface area contributed by atoms with Crippen LogP contribution < -0.4 is 5.32 Å². The second kappa shape index (κ2) is 9.60. The zero-order valence-electron chi connectivity index (χ0n) is 18.7. The summed E-state index contributed by atoms with van der Waals surface area (Å²) in [7, 11) is 0. The van der Waals surface area contributed by atoms with Gasteiger partial charge in [0.25, 0.3) is 0 Å². The summed E-state index contributed by atoms with van der Waals surface area (Å²) in [6.07, 6.45) is 0.666. The molecule has 0 aliphatic carbocycles. The smallest absolute Gasteiger partial charge is 0.238 e. The van der Waals surface area contributed by atoms with Crippen LogP contribution in [0.5, 0.6) is 0 Å². The fourth-order valence-corrected chi connectivity index (χ4v) is 5.47. The van der Waals surface area contributed by atoms with Crippen LogP contribution in [-0.4, -0.2) is 16.3 Å². The largest absolute Gasteiger partial charge is 0.351 e. The molecule has 1 aliphatic heterocycles. The summed E-state index contributed by atoms with van der Waals surface area (Å²) in [5.41, 5.74) is 7.63. The zero-order chi connectivity index (χ0) is 22.7. The van der Waals surface area contributed by atoms with Gasteiger partial charge in [0.05, 0.1) is 11.6 Å². The highest BCUT2D eigenvalue weighted by Crippen LogP contribution is 2.36. The molecule has 1 unspecified atom stereocenters. The van der Waals surface area contributed by atoms with Crippen LogP contribution in [0, 0.1) is 32.1 Å². The molecule has 1 N–H and O–H groups in total. The quantitative estimate of drug-likeness (QED) is 0.551. The van der Waals surface area contributed by atoms with E-state index in [1.807, 2.05) is 24.3 Å². The standard InChI is InChI=1S/C27H27N3OS/c1-18-12-19(2)26(20(3)13-18)32-30-17-24-11-7-4-8-21(24)14-25(30)27(31)29-16-23-10-6-5-9-22(23)15-28/h4-13,25H,14,16-17H2,1-3H3,(H,29,31). The first-order valence-electron chi connectivity index (χ1n) is 10.8. The van der Waals surface area contributed by atoms with E-state index < -0.39 is 0 Å². The van der Waals surface area contributed by atoms with E-state index in [4.69, 9.17) is 0 Å². The van der Waals surface area contributed by atoms with Crippen LogP contribution in [-0.2, 0) is 24.3 Å². The highest BCUT2D eigenvalue weighted by molar-refractivity contribution is 7.97. The minimum atomic E-state index is -0.288. The Morgan fingerprint density at radius 1 is 1.06 bits per heavy atom. The number of amides is 1. The van der Waals surface area contributed by atoms with E-state index in [2.05, 4.69) is 66.8 Å². The van der Waals surface area contributed by atoms with Crippen LogP contribution in [0.25, 0.3) is 0 Å². The minimum absolute atomic E-state index is 0.0119. The van der Waals surface area contributed by atoms with Crippen molar-refractivity contribution in [3.8, 4) is 6.07 Å². The van der Waals surface area contributed by atoms with E-state index in [0.29, 0.717) is 25.1 Å². The SMILES string of the molecule is Cc1cc(C)c(SN2Cc3ccccc3CC2C(=O)NCc2ccccc2C#N)c(C)c1. The van der Waals surface area contributed by atoms with E-state index in [0.717, 1.165) is 5.56 Å². The molecule has 1 atom stereocenters. The van der Waals surface area contributed by atoms with E-state index in [1.165, 1.54) is 32.7 Å². The van der Waals surface area contributed by atoms with Crippen LogP contribution in [0.4, 0.5) is 0 Å². The van der Waals surface area contributed by atoms with Gasteiger partial charge in [-0.05, 0) is 73.0 Å². The van der Waals surface area contributed by atoms with Gasteiger partial charge >= 0.3 is 0 Å². The van der Waals surface area contributed by atoms with Gasteiger partial charge in [0.2, 0.25) is 5.91 Å². The Hall–Kier alpha value is -3.07. The van der Waals surface area contributed by atoms with Gasteiger partial charge in [0, 0.05) is 18.0 Å². The van der Waals surface area contributed by atoms with Crippen molar-refractivity contribution in [1.82, 2.24) is 9.62 Å². The number of nitrogens with one attached hydrogen (secondary N) is 1. The summed E-state index contributed by atoms with van der Waals surface area (Å²) < 4.78 is 2.21. The Morgan fingerprint density at radius 2 is 1.72 bits per heavy atom. The van der Waals surface area contributed by atoms with E-state index >= 15 is 0 Å². The van der Waals surface area contributed by atoms with Gasteiger partial charge in [-0.25, -0.2) is 4.31 Å². The Bertz CT molecular complexity index is 1170. The van der Waals surface area contributed by atoms with Crippen LogP contribution in [0.2, 0.25) is 0 Å². The van der Waals surface area contributed by atoms with Gasteiger partial charge in [-0.3, -0.25) is 4.79 Å². The van der Waals surface area contributed by atoms with Crippen molar-refractivity contribution in [3.05, 3.63) is 99.6 Å². The Labute approximate surface area is 194 Å². The average molecular weight is 442 g/mol. The molecule has 0 aromatic heterocycles. The molecule has 4 nitrogen and oxygen atoms in total. The lowest BCUT2D eigenvalue weighted by Gasteiger charge is -2.35. The molecule has 5 heteroatoms. The molecule has 0 bridgehead atoms. The first kappa shape index (κ1) is 22.1. The fraction of sp³-hybridized carbons (Fsp3) is 0.259. The molecular weight excluding hydrogens is 414 g/mol. The fourth-order valence-electron chi connectivity index (χ4n) is 4.33. The first-order valence-corrected chi connectivity index (χ1v) is 11.6. The maximum absolute atomic E-state index is 13.4. The highest BCUT2D eigenvalue weighted by Gasteiger charge is 2.32. The normalized spacial score (nSPS) is 15.6. The molecule has 1 aliphatic rings. The molecule has 32 heavy (non-hydrogen) atoms. The van der Waals surface area contributed by atoms with Crippen molar-refractivity contribution in [2.24, 2.45) is 0 Å². The van der Waals surface area contributed by atoms with E-state index in [1.54, 1.807) is 18.0 Å². The monoisotopic (exact) mass is 441 g/mol. The van der Waals surface area contributed by atoms with Crippen LogP contribution in [0.15, 0.2) is 65.6 Å². The van der Waals surface area contributed by atoms with Gasteiger partial charge in [-0.1, -0.05) is 60.2 Å². The molecule has 0 radical (unpaired) electrons. The second-order valence-corrected chi connectivity index (χ2v) is 9.43. The van der Waals surface area contributed by atoms with Crippen LogP contribution in [0.3, 0.4) is 0 Å². The first-order chi connectivity index (χ1) is 15.5. The molecule has 0 saturated heterocycles. The number of carbonyl (C=O) groups excluding carboxylic acids is 1. The third-order valence-corrected chi connectivity index (χ3v) is 7.36. The number of fused-ring (bicyclic) bond motifs is 1. The third kappa shape index (κ3) is 4.72. The molecule has 0 fully saturated rings. The average Bonchev–Trinajstić information content (AvgIpc) is 2.79. The number of aryl methyl sites for hydroxylation is 3. The minimum Gasteiger partial charge on any atom is -0.351 e. The Balaban J connectivity index is 1.59. The number of hydrogen-bond donors (Lipinski definition) is 1. The van der Waals surface area contributed by atoms with E-state index in [-0.39, 0.29) is 11.9 Å². The van der Waals surface area contributed by atoms with E-state index in [9.17, 15) is 10.1 Å². The summed E-state index contributed by atoms with van der Waals surface area (Å²) in [4.78, 5) is 14.6. The summed E-state index contributed by atoms with van der Waals surface area (Å²) >= 11 is 1.68. The molecule has 0 spiro atoms. The molecule has 1 heterocycles. The maximum Gasteiger partial charge on any atom is 0.238 e. The van der Waals surface area contributed by atoms with Crippen molar-refractivity contribution in [3.63, 3.8) is 0 Å². The predicted molar refractivity (Wildman–Crippen MR) is 129 cm³/mol. The highest BCUT2D eigenvalue weighted by atomic mass is 32.2. The lowest BCUT2D eigenvalue weighted by Crippen LogP contribution is -2.47.